The molecule has 10 heteroatoms. The van der Waals surface area contributed by atoms with Crippen LogP contribution in [0.3, 0.4) is 0 Å². The molecule has 0 fully saturated rings. The van der Waals surface area contributed by atoms with Gasteiger partial charge in [0.05, 0.1) is 0 Å². The number of hydrogen-bond donors (Lipinski definition) is 0. The predicted molar refractivity (Wildman–Crippen MR) is 76.3 cm³/mol. The van der Waals surface area contributed by atoms with E-state index in [-0.39, 0.29) is 18.9 Å². The van der Waals surface area contributed by atoms with E-state index in [2.05, 4.69) is 20.4 Å². The normalized spacial score (nSPS) is 11.3. The second-order valence-corrected chi connectivity index (χ2v) is 4.64. The summed E-state index contributed by atoms with van der Waals surface area (Å²) in [6.45, 7) is -1.83. The minimum atomic E-state index is -1.83. The SMILES string of the molecule is [Li+].c1cnn([B-](n2cccn2)(n2cccn2)n2cccn2)c1. The van der Waals surface area contributed by atoms with E-state index in [1.54, 1.807) is 24.8 Å². The first-order chi connectivity index (χ1) is 10.4. The number of aromatic nitrogens is 8. The van der Waals surface area contributed by atoms with E-state index in [1.165, 1.54) is 0 Å². The molecule has 8 nitrogen and oxygen atoms in total. The van der Waals surface area contributed by atoms with Gasteiger partial charge in [0, 0.05) is 24.8 Å². The molecule has 0 atom stereocenters. The van der Waals surface area contributed by atoms with Gasteiger partial charge >= 0.3 is 25.5 Å². The fraction of sp³-hybridized carbons (Fsp3) is 0. The molecule has 0 radical (unpaired) electrons. The minimum absolute atomic E-state index is 0. The van der Waals surface area contributed by atoms with Gasteiger partial charge in [-0.15, -0.1) is 0 Å². The maximum absolute atomic E-state index is 4.42. The molecule has 0 saturated heterocycles. The number of nitrogens with zero attached hydrogens (tertiary/aromatic N) is 8. The van der Waals surface area contributed by atoms with Gasteiger partial charge in [0.1, 0.15) is 0 Å². The Morgan fingerprint density at radius 2 is 0.773 bits per heavy atom. The van der Waals surface area contributed by atoms with Gasteiger partial charge in [0.25, 0.3) is 0 Å². The van der Waals surface area contributed by atoms with Gasteiger partial charge in [-0.05, 0) is 49.1 Å². The van der Waals surface area contributed by atoms with Crippen LogP contribution in [0.1, 0.15) is 0 Å². The van der Waals surface area contributed by atoms with E-state index in [4.69, 9.17) is 0 Å². The largest absolute Gasteiger partial charge is 1.00 e. The monoisotopic (exact) mass is 286 g/mol. The molecule has 4 aromatic heterocycles. The van der Waals surface area contributed by atoms with Crippen molar-refractivity contribution in [1.82, 2.24) is 38.8 Å². The molecule has 22 heavy (non-hydrogen) atoms. The summed E-state index contributed by atoms with van der Waals surface area (Å²) in [6, 6.07) is 7.47. The van der Waals surface area contributed by atoms with Gasteiger partial charge in [-0.2, -0.15) is 0 Å². The van der Waals surface area contributed by atoms with Crippen LogP contribution in [-0.2, 0) is 0 Å². The average Bonchev–Trinajstić information content (AvgIpc) is 3.32. The van der Waals surface area contributed by atoms with Crippen molar-refractivity contribution in [3.8, 4) is 0 Å². The van der Waals surface area contributed by atoms with Crippen molar-refractivity contribution in [2.24, 2.45) is 0 Å². The molecule has 4 aromatic rings. The Kier molecular flexibility index (Phi) is 3.75. The molecule has 0 N–H and O–H groups in total. The molecule has 0 spiro atoms. The van der Waals surface area contributed by atoms with Gasteiger partial charge in [-0.3, -0.25) is 0 Å². The molecule has 0 amide bonds. The van der Waals surface area contributed by atoms with Crippen LogP contribution in [0.25, 0.3) is 0 Å². The zero-order valence-corrected chi connectivity index (χ0v) is 12.1. The van der Waals surface area contributed by atoms with Crippen LogP contribution >= 0.6 is 0 Å². The second-order valence-electron chi connectivity index (χ2n) is 4.64. The standard InChI is InChI=1S/C12H12BN8.Li/c1-5-14-18(9-1)13(19-10-2-6-15-19,20-11-3-7-16-20)21-12-4-8-17-21;/h1-12H;/q-1;+1. The van der Waals surface area contributed by atoms with E-state index in [9.17, 15) is 0 Å². The minimum Gasteiger partial charge on any atom is -0.379 e. The van der Waals surface area contributed by atoms with Gasteiger partial charge in [-0.1, -0.05) is 0 Å². The fourth-order valence-corrected chi connectivity index (χ4v) is 2.67. The summed E-state index contributed by atoms with van der Waals surface area (Å²) in [5.41, 5.74) is 0. The Morgan fingerprint density at radius 1 is 0.500 bits per heavy atom. The Hall–Kier alpha value is -2.50. The summed E-state index contributed by atoms with van der Waals surface area (Å²) in [5, 5.41) is 17.7. The Labute approximate surface area is 138 Å². The zero-order chi connectivity index (χ0) is 14.1. The maximum atomic E-state index is 4.42. The van der Waals surface area contributed by atoms with E-state index in [0.717, 1.165) is 0 Å². The molecule has 0 bridgehead atoms. The summed E-state index contributed by atoms with van der Waals surface area (Å²) < 4.78 is 7.25. The van der Waals surface area contributed by atoms with Crippen molar-refractivity contribution in [2.45, 2.75) is 0 Å². The zero-order valence-electron chi connectivity index (χ0n) is 12.1. The molecule has 4 heterocycles. The van der Waals surface area contributed by atoms with Crippen LogP contribution in [0.5, 0.6) is 0 Å². The fourth-order valence-electron chi connectivity index (χ4n) is 2.67. The van der Waals surface area contributed by atoms with Gasteiger partial charge in [-0.25, -0.2) is 20.4 Å². The first-order valence-electron chi connectivity index (χ1n) is 6.57. The molecular formula is C12H12BLiN8. The molecule has 4 rings (SSSR count). The summed E-state index contributed by atoms with van der Waals surface area (Å²) >= 11 is 0. The summed E-state index contributed by atoms with van der Waals surface area (Å²) in [7, 11) is 0. The molecule has 104 valence electrons. The van der Waals surface area contributed by atoms with Crippen molar-refractivity contribution in [3.63, 3.8) is 0 Å². The van der Waals surface area contributed by atoms with Gasteiger partial charge in [0.15, 0.2) is 0 Å². The van der Waals surface area contributed by atoms with Crippen molar-refractivity contribution < 1.29 is 18.9 Å². The van der Waals surface area contributed by atoms with Crippen molar-refractivity contribution in [2.75, 3.05) is 0 Å². The topological polar surface area (TPSA) is 71.3 Å². The quantitative estimate of drug-likeness (QED) is 0.386. The third kappa shape index (κ3) is 1.95. The van der Waals surface area contributed by atoms with Crippen molar-refractivity contribution in [3.05, 3.63) is 73.8 Å². The summed E-state index contributed by atoms with van der Waals surface area (Å²) in [5.74, 6) is 0. The second kappa shape index (κ2) is 5.71. The molecule has 0 saturated carbocycles. The Balaban J connectivity index is 0.00000144. The van der Waals surface area contributed by atoms with Crippen LogP contribution in [-0.4, -0.2) is 45.5 Å². The smallest absolute Gasteiger partial charge is 0.379 e. The summed E-state index contributed by atoms with van der Waals surface area (Å²) in [6.07, 6.45) is 14.4. The van der Waals surface area contributed by atoms with Crippen molar-refractivity contribution in [1.29, 1.82) is 0 Å². The Morgan fingerprint density at radius 3 is 0.955 bits per heavy atom. The maximum Gasteiger partial charge on any atom is 1.00 e. The van der Waals surface area contributed by atoms with E-state index in [1.807, 2.05) is 67.4 Å². The predicted octanol–water partition coefficient (Wildman–Crippen LogP) is -2.59. The number of hydrogen-bond acceptors (Lipinski definition) is 4. The van der Waals surface area contributed by atoms with Crippen LogP contribution in [0.2, 0.25) is 0 Å². The van der Waals surface area contributed by atoms with Gasteiger partial charge in [0.2, 0.25) is 0 Å². The molecule has 0 aromatic carbocycles. The van der Waals surface area contributed by atoms with E-state index < -0.39 is 6.69 Å². The third-order valence-corrected chi connectivity index (χ3v) is 3.52. The molecule has 0 aliphatic carbocycles. The van der Waals surface area contributed by atoms with Crippen LogP contribution in [0.4, 0.5) is 0 Å². The average molecular weight is 286 g/mol. The van der Waals surface area contributed by atoms with E-state index in [0.29, 0.717) is 0 Å². The van der Waals surface area contributed by atoms with Crippen LogP contribution in [0, 0.1) is 0 Å². The molecule has 0 aliphatic rings. The molecule has 0 unspecified atom stereocenters. The molecular weight excluding hydrogens is 274 g/mol. The third-order valence-electron chi connectivity index (χ3n) is 3.52. The van der Waals surface area contributed by atoms with Crippen LogP contribution in [0.15, 0.2) is 73.8 Å². The van der Waals surface area contributed by atoms with Crippen molar-refractivity contribution >= 4 is 6.69 Å². The van der Waals surface area contributed by atoms with Crippen LogP contribution < -0.4 is 18.9 Å². The van der Waals surface area contributed by atoms with Gasteiger partial charge < -0.3 is 18.4 Å². The molecule has 0 aliphatic heterocycles. The summed E-state index contributed by atoms with van der Waals surface area (Å²) in [4.78, 5) is 0. The Bertz CT molecular complexity index is 649. The van der Waals surface area contributed by atoms with E-state index >= 15 is 0 Å². The first-order valence-corrected chi connectivity index (χ1v) is 6.57. The first kappa shape index (κ1) is 14.4. The number of rotatable bonds is 4.